The quantitative estimate of drug-likeness (QED) is 0.512. The number of amides is 3. The molecule has 0 heterocycles. The van der Waals surface area contributed by atoms with Gasteiger partial charge in [0.1, 0.15) is 6.54 Å². The van der Waals surface area contributed by atoms with Crippen molar-refractivity contribution in [1.29, 1.82) is 5.26 Å². The SMILES string of the molecule is N#Cc1cccc(NC(=O)COC(=O)CNC(=O)CNC(=O)c2ccc(Cl)cc2Cl)c1. The number of carbonyl (C=O) groups excluding carboxylic acids is 4. The van der Waals surface area contributed by atoms with Gasteiger partial charge in [0.05, 0.1) is 28.8 Å². The van der Waals surface area contributed by atoms with Crippen LogP contribution in [0.3, 0.4) is 0 Å². The van der Waals surface area contributed by atoms with Crippen LogP contribution in [-0.2, 0) is 19.1 Å². The minimum atomic E-state index is -0.846. The number of esters is 1. The van der Waals surface area contributed by atoms with Gasteiger partial charge in [-0.15, -0.1) is 0 Å². The lowest BCUT2D eigenvalue weighted by Crippen LogP contribution is -2.39. The highest BCUT2D eigenvalue weighted by Crippen LogP contribution is 2.20. The first-order valence-corrected chi connectivity index (χ1v) is 9.49. The molecule has 0 atom stereocenters. The van der Waals surface area contributed by atoms with Gasteiger partial charge in [-0.1, -0.05) is 29.3 Å². The van der Waals surface area contributed by atoms with Crippen LogP contribution in [0.5, 0.6) is 0 Å². The number of hydrogen-bond acceptors (Lipinski definition) is 6. The molecule has 0 spiro atoms. The first-order chi connectivity index (χ1) is 14.8. The summed E-state index contributed by atoms with van der Waals surface area (Å²) in [4.78, 5) is 47.2. The molecule has 0 fully saturated rings. The van der Waals surface area contributed by atoms with E-state index in [0.717, 1.165) is 0 Å². The van der Waals surface area contributed by atoms with Crippen molar-refractivity contribution in [2.75, 3.05) is 25.0 Å². The van der Waals surface area contributed by atoms with Gasteiger partial charge in [0.25, 0.3) is 11.8 Å². The number of anilines is 1. The van der Waals surface area contributed by atoms with E-state index < -0.39 is 43.4 Å². The summed E-state index contributed by atoms with van der Waals surface area (Å²) in [7, 11) is 0. The maximum absolute atomic E-state index is 12.0. The molecule has 2 aromatic rings. The highest BCUT2D eigenvalue weighted by molar-refractivity contribution is 6.36. The number of rotatable bonds is 8. The van der Waals surface area contributed by atoms with E-state index in [1.165, 1.54) is 24.3 Å². The average molecular weight is 463 g/mol. The van der Waals surface area contributed by atoms with Crippen molar-refractivity contribution in [3.05, 3.63) is 63.6 Å². The lowest BCUT2D eigenvalue weighted by Gasteiger charge is -2.09. The van der Waals surface area contributed by atoms with Crippen LogP contribution in [0, 0.1) is 11.3 Å². The van der Waals surface area contributed by atoms with Crippen molar-refractivity contribution in [2.45, 2.75) is 0 Å². The summed E-state index contributed by atoms with van der Waals surface area (Å²) in [5.74, 6) is -2.69. The third-order valence-electron chi connectivity index (χ3n) is 3.65. The number of nitrogens with zero attached hydrogens (tertiary/aromatic N) is 1. The molecule has 2 aromatic carbocycles. The third kappa shape index (κ3) is 7.97. The zero-order valence-corrected chi connectivity index (χ0v) is 17.4. The van der Waals surface area contributed by atoms with E-state index >= 15 is 0 Å². The molecule has 0 saturated heterocycles. The number of nitrogens with one attached hydrogen (secondary N) is 3. The van der Waals surface area contributed by atoms with E-state index in [1.54, 1.807) is 18.2 Å². The molecule has 11 heteroatoms. The number of hydrogen-bond donors (Lipinski definition) is 3. The second-order valence-corrected chi connectivity index (χ2v) is 6.83. The molecule has 0 aliphatic carbocycles. The molecular formula is C20H16Cl2N4O5. The van der Waals surface area contributed by atoms with Crippen molar-refractivity contribution in [3.63, 3.8) is 0 Å². The minimum Gasteiger partial charge on any atom is -0.454 e. The topological polar surface area (TPSA) is 137 Å². The van der Waals surface area contributed by atoms with E-state index in [0.29, 0.717) is 16.3 Å². The molecule has 0 aliphatic heterocycles. The first kappa shape index (κ1) is 23.7. The normalized spacial score (nSPS) is 9.84. The molecule has 160 valence electrons. The van der Waals surface area contributed by atoms with Crippen LogP contribution < -0.4 is 16.0 Å². The van der Waals surface area contributed by atoms with Gasteiger partial charge in [0.2, 0.25) is 5.91 Å². The Kier molecular flexibility index (Phi) is 8.81. The third-order valence-corrected chi connectivity index (χ3v) is 4.20. The Morgan fingerprint density at radius 3 is 2.45 bits per heavy atom. The second-order valence-electron chi connectivity index (χ2n) is 5.99. The van der Waals surface area contributed by atoms with Crippen molar-refractivity contribution < 1.29 is 23.9 Å². The molecule has 0 radical (unpaired) electrons. The van der Waals surface area contributed by atoms with Gasteiger partial charge in [0, 0.05) is 10.7 Å². The lowest BCUT2D eigenvalue weighted by molar-refractivity contribution is -0.147. The monoisotopic (exact) mass is 462 g/mol. The summed E-state index contributed by atoms with van der Waals surface area (Å²) in [5, 5.41) is 16.4. The fraction of sp³-hybridized carbons (Fsp3) is 0.150. The number of halogens is 2. The highest BCUT2D eigenvalue weighted by atomic mass is 35.5. The fourth-order valence-electron chi connectivity index (χ4n) is 2.22. The lowest BCUT2D eigenvalue weighted by atomic mass is 10.2. The van der Waals surface area contributed by atoms with Crippen LogP contribution in [0.25, 0.3) is 0 Å². The predicted octanol–water partition coefficient (Wildman–Crippen LogP) is 1.89. The van der Waals surface area contributed by atoms with E-state index in [1.807, 2.05) is 6.07 Å². The summed E-state index contributed by atoms with van der Waals surface area (Å²) >= 11 is 11.7. The summed E-state index contributed by atoms with van der Waals surface area (Å²) in [6.45, 7) is -1.47. The van der Waals surface area contributed by atoms with E-state index in [-0.39, 0.29) is 10.6 Å². The van der Waals surface area contributed by atoms with Crippen molar-refractivity contribution in [2.24, 2.45) is 0 Å². The maximum Gasteiger partial charge on any atom is 0.325 e. The Labute approximate surface area is 187 Å². The average Bonchev–Trinajstić information content (AvgIpc) is 2.74. The molecule has 3 N–H and O–H groups in total. The second kappa shape index (κ2) is 11.5. The smallest absolute Gasteiger partial charge is 0.325 e. The molecule has 3 amide bonds. The van der Waals surface area contributed by atoms with Crippen LogP contribution in [0.2, 0.25) is 10.0 Å². The first-order valence-electron chi connectivity index (χ1n) is 8.74. The molecule has 0 saturated carbocycles. The summed E-state index contributed by atoms with van der Waals surface area (Å²) in [5.41, 5.74) is 0.887. The molecule has 9 nitrogen and oxygen atoms in total. The number of benzene rings is 2. The summed E-state index contributed by atoms with van der Waals surface area (Å²) < 4.78 is 4.76. The van der Waals surface area contributed by atoms with Crippen molar-refractivity contribution in [1.82, 2.24) is 10.6 Å². The Bertz CT molecular complexity index is 1050. The number of nitriles is 1. The maximum atomic E-state index is 12.0. The van der Waals surface area contributed by atoms with Crippen LogP contribution in [-0.4, -0.2) is 43.4 Å². The Hall–Kier alpha value is -3.61. The molecule has 0 bridgehead atoms. The summed E-state index contributed by atoms with van der Waals surface area (Å²) in [6, 6.07) is 12.4. The summed E-state index contributed by atoms with van der Waals surface area (Å²) in [6.07, 6.45) is 0. The van der Waals surface area contributed by atoms with Gasteiger partial charge in [-0.25, -0.2) is 0 Å². The highest BCUT2D eigenvalue weighted by Gasteiger charge is 2.13. The molecule has 0 aliphatic rings. The Morgan fingerprint density at radius 2 is 1.74 bits per heavy atom. The van der Waals surface area contributed by atoms with Gasteiger partial charge >= 0.3 is 5.97 Å². The molecule has 0 unspecified atom stereocenters. The predicted molar refractivity (Wildman–Crippen MR) is 113 cm³/mol. The van der Waals surface area contributed by atoms with Crippen LogP contribution in [0.4, 0.5) is 5.69 Å². The van der Waals surface area contributed by atoms with Gasteiger partial charge in [-0.05, 0) is 36.4 Å². The zero-order chi connectivity index (χ0) is 22.8. The van der Waals surface area contributed by atoms with Gasteiger partial charge in [-0.3, -0.25) is 19.2 Å². The van der Waals surface area contributed by atoms with Gasteiger partial charge in [-0.2, -0.15) is 5.26 Å². The van der Waals surface area contributed by atoms with E-state index in [9.17, 15) is 19.2 Å². The van der Waals surface area contributed by atoms with Crippen LogP contribution >= 0.6 is 23.2 Å². The van der Waals surface area contributed by atoms with Gasteiger partial charge < -0.3 is 20.7 Å². The fourth-order valence-corrected chi connectivity index (χ4v) is 2.72. The van der Waals surface area contributed by atoms with E-state index in [2.05, 4.69) is 16.0 Å². The zero-order valence-electron chi connectivity index (χ0n) is 15.9. The standard InChI is InChI=1S/C20H16Cl2N4O5/c21-13-4-5-15(16(22)7-13)20(30)25-9-17(27)24-10-19(29)31-11-18(28)26-14-3-1-2-12(6-14)8-23/h1-7H,9-11H2,(H,24,27)(H,25,30)(H,26,28). The van der Waals surface area contributed by atoms with Crippen molar-refractivity contribution >= 4 is 52.6 Å². The number of ether oxygens (including phenoxy) is 1. The Morgan fingerprint density at radius 1 is 0.968 bits per heavy atom. The van der Waals surface area contributed by atoms with E-state index in [4.69, 9.17) is 33.2 Å². The molecule has 0 aromatic heterocycles. The van der Waals surface area contributed by atoms with Crippen molar-refractivity contribution in [3.8, 4) is 6.07 Å². The largest absolute Gasteiger partial charge is 0.454 e. The molecule has 2 rings (SSSR count). The van der Waals surface area contributed by atoms with Crippen LogP contribution in [0.15, 0.2) is 42.5 Å². The van der Waals surface area contributed by atoms with Gasteiger partial charge in [0.15, 0.2) is 6.61 Å². The number of carbonyl (C=O) groups is 4. The Balaban J connectivity index is 1.68. The molecule has 31 heavy (non-hydrogen) atoms. The minimum absolute atomic E-state index is 0.131. The molecular weight excluding hydrogens is 447 g/mol. The van der Waals surface area contributed by atoms with Crippen LogP contribution in [0.1, 0.15) is 15.9 Å².